The molecule has 9 nitrogen and oxygen atoms in total. The third kappa shape index (κ3) is 4.08. The van der Waals surface area contributed by atoms with Gasteiger partial charge in [0, 0.05) is 18.3 Å². The van der Waals surface area contributed by atoms with Crippen molar-refractivity contribution in [1.29, 1.82) is 0 Å². The van der Waals surface area contributed by atoms with Crippen LogP contribution < -0.4 is 10.2 Å². The molecule has 5 heterocycles. The molecule has 1 aliphatic carbocycles. The number of nitrogens with one attached hydrogen (secondary N) is 2. The quantitative estimate of drug-likeness (QED) is 0.533. The molecule has 3 fully saturated rings. The first-order valence-corrected chi connectivity index (χ1v) is 12.7. The fourth-order valence-electron chi connectivity index (χ4n) is 5.64. The molecule has 3 aliphatic rings. The number of likely N-dealkylation sites (tertiary alicyclic amines) is 1. The maximum Gasteiger partial charge on any atom is 0.322 e. The summed E-state index contributed by atoms with van der Waals surface area (Å²) in [6.07, 6.45) is 8.63. The van der Waals surface area contributed by atoms with E-state index in [0.29, 0.717) is 28.4 Å². The van der Waals surface area contributed by atoms with Gasteiger partial charge in [-0.2, -0.15) is 10.2 Å². The van der Waals surface area contributed by atoms with Crippen LogP contribution in [0.3, 0.4) is 0 Å². The molecule has 192 valence electrons. The Morgan fingerprint density at radius 2 is 2.00 bits per heavy atom. The second kappa shape index (κ2) is 7.88. The Labute approximate surface area is 208 Å². The van der Waals surface area contributed by atoms with E-state index < -0.39 is 11.3 Å². The van der Waals surface area contributed by atoms with Crippen molar-refractivity contribution < 1.29 is 13.6 Å². The predicted octanol–water partition coefficient (Wildman–Crippen LogP) is 4.67. The zero-order valence-corrected chi connectivity index (χ0v) is 20.9. The molecule has 1 spiro atoms. The summed E-state index contributed by atoms with van der Waals surface area (Å²) in [5.74, 6) is 0.599. The maximum absolute atomic E-state index is 14.6. The average molecular weight is 499 g/mol. The van der Waals surface area contributed by atoms with E-state index in [1.165, 1.54) is 13.8 Å². The molecule has 36 heavy (non-hydrogen) atoms. The van der Waals surface area contributed by atoms with Gasteiger partial charge in [0.1, 0.15) is 17.0 Å². The largest absolute Gasteiger partial charge is 0.348 e. The summed E-state index contributed by atoms with van der Waals surface area (Å²) in [5, 5.41) is 15.5. The molecule has 2 saturated heterocycles. The van der Waals surface area contributed by atoms with Gasteiger partial charge in [-0.1, -0.05) is 0 Å². The zero-order valence-electron chi connectivity index (χ0n) is 20.9. The van der Waals surface area contributed by atoms with Gasteiger partial charge in [-0.05, 0) is 58.9 Å². The smallest absolute Gasteiger partial charge is 0.322 e. The van der Waals surface area contributed by atoms with Crippen molar-refractivity contribution in [3.8, 4) is 11.4 Å². The molecular formula is C25H32F2N8O. The van der Waals surface area contributed by atoms with Crippen molar-refractivity contribution in [3.63, 3.8) is 0 Å². The molecular weight excluding hydrogens is 466 g/mol. The van der Waals surface area contributed by atoms with Gasteiger partial charge in [0.05, 0.1) is 48.1 Å². The molecule has 0 atom stereocenters. The molecule has 6 rings (SSSR count). The second-order valence-electron chi connectivity index (χ2n) is 11.5. The van der Waals surface area contributed by atoms with Crippen LogP contribution in [0.5, 0.6) is 0 Å². The lowest BCUT2D eigenvalue weighted by atomic mass is 9.99. The van der Waals surface area contributed by atoms with Gasteiger partial charge in [-0.25, -0.2) is 13.6 Å². The lowest BCUT2D eigenvalue weighted by Gasteiger charge is -2.42. The van der Waals surface area contributed by atoms with Crippen LogP contribution in [-0.4, -0.2) is 72.4 Å². The maximum atomic E-state index is 14.6. The number of fused-ring (bicyclic) bond motifs is 1. The molecule has 0 unspecified atom stereocenters. The van der Waals surface area contributed by atoms with Crippen LogP contribution in [0.4, 0.5) is 25.1 Å². The number of carbonyl (C=O) groups excluding carboxylic acids is 1. The summed E-state index contributed by atoms with van der Waals surface area (Å²) in [6.45, 7) is 5.83. The van der Waals surface area contributed by atoms with Crippen molar-refractivity contribution in [3.05, 3.63) is 18.5 Å². The minimum Gasteiger partial charge on any atom is -0.348 e. The van der Waals surface area contributed by atoms with Crippen molar-refractivity contribution >= 4 is 28.4 Å². The zero-order chi connectivity index (χ0) is 25.3. The third-order valence-corrected chi connectivity index (χ3v) is 7.54. The number of H-pyrrole nitrogens is 1. The van der Waals surface area contributed by atoms with Gasteiger partial charge >= 0.3 is 6.03 Å². The molecule has 0 aromatic carbocycles. The standard InChI is InChI=1S/C25H32F2N8O/c1-23(2,26)13-35-19-10-17(28-11-16(19)21(32-35)33-14-24(3,27)15-33)20-18(12-29-31-20)30-22(36)34-9-5-4-6-25(34)7-8-25/h10-12H,4-9,13-15H2,1-3H3,(H,29,31)(H,30,36). The highest BCUT2D eigenvalue weighted by Gasteiger charge is 2.51. The predicted molar refractivity (Wildman–Crippen MR) is 134 cm³/mol. The fourth-order valence-corrected chi connectivity index (χ4v) is 5.64. The Bertz CT molecular complexity index is 1310. The van der Waals surface area contributed by atoms with Crippen LogP contribution in [0.1, 0.15) is 52.9 Å². The summed E-state index contributed by atoms with van der Waals surface area (Å²) in [4.78, 5) is 21.6. The van der Waals surface area contributed by atoms with E-state index in [9.17, 15) is 13.6 Å². The molecule has 3 aromatic rings. The number of halogens is 2. The van der Waals surface area contributed by atoms with Crippen molar-refractivity contribution in [2.24, 2.45) is 0 Å². The SMILES string of the molecule is CC(C)(F)Cn1nc(N2CC(C)(F)C2)c2cnc(-c3[nH]ncc3NC(=O)N3CCCCC34CC4)cc21. The van der Waals surface area contributed by atoms with Gasteiger partial charge in [0.15, 0.2) is 5.82 Å². The average Bonchev–Trinajstić information content (AvgIpc) is 3.24. The molecule has 2 amide bonds. The van der Waals surface area contributed by atoms with E-state index in [0.717, 1.165) is 44.0 Å². The van der Waals surface area contributed by atoms with E-state index in [1.54, 1.807) is 24.0 Å². The minimum atomic E-state index is -1.50. The highest BCUT2D eigenvalue weighted by molar-refractivity contribution is 5.96. The topological polar surface area (TPSA) is 95.0 Å². The first kappa shape index (κ1) is 23.2. The number of nitrogens with zero attached hydrogens (tertiary/aromatic N) is 6. The van der Waals surface area contributed by atoms with Crippen molar-refractivity contribution in [2.45, 2.75) is 76.3 Å². The van der Waals surface area contributed by atoms with Gasteiger partial charge in [-0.3, -0.25) is 14.8 Å². The number of aromatic nitrogens is 5. The lowest BCUT2D eigenvalue weighted by molar-refractivity contribution is 0.143. The summed E-state index contributed by atoms with van der Waals surface area (Å²) < 4.78 is 30.5. The van der Waals surface area contributed by atoms with Crippen molar-refractivity contribution in [1.82, 2.24) is 29.9 Å². The fraction of sp³-hybridized carbons (Fsp3) is 0.600. The highest BCUT2D eigenvalue weighted by atomic mass is 19.1. The van der Waals surface area contributed by atoms with E-state index in [-0.39, 0.29) is 31.2 Å². The van der Waals surface area contributed by atoms with Crippen LogP contribution in [0.25, 0.3) is 22.3 Å². The number of piperidine rings is 1. The van der Waals surface area contributed by atoms with Crippen LogP contribution in [0, 0.1) is 0 Å². The molecule has 1 saturated carbocycles. The Kier molecular flexibility index (Phi) is 5.07. The number of urea groups is 1. The van der Waals surface area contributed by atoms with Crippen LogP contribution in [-0.2, 0) is 6.54 Å². The number of aromatic amines is 1. The minimum absolute atomic E-state index is 0.0258. The van der Waals surface area contributed by atoms with E-state index in [2.05, 4.69) is 25.6 Å². The van der Waals surface area contributed by atoms with Crippen LogP contribution in [0.15, 0.2) is 18.5 Å². The number of alkyl halides is 2. The molecule has 2 aliphatic heterocycles. The van der Waals surface area contributed by atoms with Gasteiger partial charge in [0.2, 0.25) is 0 Å². The Hall–Kier alpha value is -3.24. The monoisotopic (exact) mass is 498 g/mol. The highest BCUT2D eigenvalue weighted by Crippen LogP contribution is 2.48. The first-order valence-electron chi connectivity index (χ1n) is 12.7. The van der Waals surface area contributed by atoms with E-state index in [1.807, 2.05) is 15.9 Å². The molecule has 0 radical (unpaired) electrons. The summed E-state index contributed by atoms with van der Waals surface area (Å²) in [7, 11) is 0. The Balaban J connectivity index is 1.32. The summed E-state index contributed by atoms with van der Waals surface area (Å²) >= 11 is 0. The Morgan fingerprint density at radius 1 is 1.22 bits per heavy atom. The summed E-state index contributed by atoms with van der Waals surface area (Å²) in [6, 6.07) is 1.70. The first-order chi connectivity index (χ1) is 17.0. The number of carbonyl (C=O) groups is 1. The third-order valence-electron chi connectivity index (χ3n) is 7.54. The molecule has 0 bridgehead atoms. The molecule has 3 aromatic heterocycles. The number of hydrogen-bond donors (Lipinski definition) is 2. The van der Waals surface area contributed by atoms with Gasteiger partial charge in [-0.15, -0.1) is 0 Å². The lowest BCUT2D eigenvalue weighted by Crippen LogP contribution is -2.57. The Morgan fingerprint density at radius 3 is 2.69 bits per heavy atom. The number of amides is 2. The second-order valence-corrected chi connectivity index (χ2v) is 11.5. The number of anilines is 2. The number of rotatable bonds is 5. The van der Waals surface area contributed by atoms with E-state index >= 15 is 0 Å². The summed E-state index contributed by atoms with van der Waals surface area (Å²) in [5.41, 5.74) is -0.380. The van der Waals surface area contributed by atoms with Gasteiger partial charge in [0.25, 0.3) is 0 Å². The van der Waals surface area contributed by atoms with Crippen LogP contribution in [0.2, 0.25) is 0 Å². The molecule has 2 N–H and O–H groups in total. The number of hydrogen-bond acceptors (Lipinski definition) is 5. The van der Waals surface area contributed by atoms with E-state index in [4.69, 9.17) is 0 Å². The van der Waals surface area contributed by atoms with Gasteiger partial charge < -0.3 is 15.1 Å². The van der Waals surface area contributed by atoms with Crippen LogP contribution >= 0.6 is 0 Å². The normalized spacial score (nSPS) is 20.6. The molecule has 11 heteroatoms. The van der Waals surface area contributed by atoms with Crippen molar-refractivity contribution in [2.75, 3.05) is 29.9 Å². The number of pyridine rings is 1.